The van der Waals surface area contributed by atoms with Crippen LogP contribution in [0.25, 0.3) is 0 Å². The molecule has 2 aromatic rings. The summed E-state index contributed by atoms with van der Waals surface area (Å²) < 4.78 is 20.3. The molecule has 1 N–H and O–H groups in total. The first-order chi connectivity index (χ1) is 10.7. The largest absolute Gasteiger partial charge is 0.467 e. The van der Waals surface area contributed by atoms with Gasteiger partial charge in [-0.1, -0.05) is 0 Å². The second kappa shape index (κ2) is 6.21. The second-order valence-corrected chi connectivity index (χ2v) is 4.50. The van der Waals surface area contributed by atoms with Crippen LogP contribution in [0.1, 0.15) is 16.1 Å². The lowest BCUT2D eigenvalue weighted by Gasteiger charge is -2.06. The van der Waals surface area contributed by atoms with Gasteiger partial charge in [0.2, 0.25) is 6.79 Å². The second-order valence-electron chi connectivity index (χ2n) is 4.50. The molecule has 7 nitrogen and oxygen atoms in total. The van der Waals surface area contributed by atoms with Crippen LogP contribution in [0.15, 0.2) is 41.0 Å². The molecule has 0 atom stereocenters. The predicted octanol–water partition coefficient (Wildman–Crippen LogP) is 1.48. The van der Waals surface area contributed by atoms with Crippen molar-refractivity contribution in [3.8, 4) is 11.5 Å². The highest BCUT2D eigenvalue weighted by Crippen LogP contribution is 2.32. The van der Waals surface area contributed by atoms with Gasteiger partial charge < -0.3 is 23.9 Å². The molecule has 0 saturated heterocycles. The van der Waals surface area contributed by atoms with Crippen molar-refractivity contribution in [3.05, 3.63) is 47.9 Å². The van der Waals surface area contributed by atoms with Crippen molar-refractivity contribution in [2.75, 3.05) is 13.4 Å². The molecule has 114 valence electrons. The molecule has 0 fully saturated rings. The Morgan fingerprint density at radius 3 is 2.86 bits per heavy atom. The van der Waals surface area contributed by atoms with E-state index in [4.69, 9.17) is 18.6 Å². The summed E-state index contributed by atoms with van der Waals surface area (Å²) in [5, 5.41) is 2.58. The van der Waals surface area contributed by atoms with Gasteiger partial charge in [0.1, 0.15) is 5.76 Å². The van der Waals surface area contributed by atoms with Gasteiger partial charge in [0.05, 0.1) is 18.4 Å². The van der Waals surface area contributed by atoms with E-state index in [1.807, 2.05) is 0 Å². The molecule has 1 amide bonds. The molecule has 1 aliphatic heterocycles. The molecule has 0 bridgehead atoms. The minimum Gasteiger partial charge on any atom is -0.467 e. The zero-order valence-corrected chi connectivity index (χ0v) is 11.5. The van der Waals surface area contributed by atoms with Gasteiger partial charge >= 0.3 is 5.97 Å². The zero-order chi connectivity index (χ0) is 15.4. The third kappa shape index (κ3) is 3.20. The maximum Gasteiger partial charge on any atom is 0.338 e. The Labute approximate surface area is 125 Å². The van der Waals surface area contributed by atoms with E-state index in [0.29, 0.717) is 22.8 Å². The molecule has 3 rings (SSSR count). The summed E-state index contributed by atoms with van der Waals surface area (Å²) in [6.45, 7) is 0.00438. The Morgan fingerprint density at radius 2 is 2.05 bits per heavy atom. The number of nitrogens with one attached hydrogen (secondary N) is 1. The van der Waals surface area contributed by atoms with E-state index in [1.54, 1.807) is 24.3 Å². The standard InChI is InChI=1S/C15H13NO6/c17-14(16-7-11-2-1-5-19-11)8-20-15(18)10-3-4-12-13(6-10)22-9-21-12/h1-6H,7-9H2,(H,16,17). The minimum absolute atomic E-state index is 0.128. The van der Waals surface area contributed by atoms with E-state index in [0.717, 1.165) is 0 Å². The van der Waals surface area contributed by atoms with Gasteiger partial charge in [-0.15, -0.1) is 0 Å². The van der Waals surface area contributed by atoms with E-state index < -0.39 is 11.9 Å². The van der Waals surface area contributed by atoms with Gasteiger partial charge in [-0.2, -0.15) is 0 Å². The highest BCUT2D eigenvalue weighted by atomic mass is 16.7. The molecule has 0 radical (unpaired) electrons. The fourth-order valence-electron chi connectivity index (χ4n) is 1.89. The van der Waals surface area contributed by atoms with E-state index in [1.165, 1.54) is 12.3 Å². The smallest absolute Gasteiger partial charge is 0.338 e. The molecule has 1 aliphatic rings. The lowest BCUT2D eigenvalue weighted by atomic mass is 10.2. The van der Waals surface area contributed by atoms with Crippen molar-refractivity contribution in [3.63, 3.8) is 0 Å². The Kier molecular flexibility index (Phi) is 3.95. The van der Waals surface area contributed by atoms with Gasteiger partial charge in [-0.25, -0.2) is 4.79 Å². The van der Waals surface area contributed by atoms with Gasteiger partial charge in [-0.3, -0.25) is 4.79 Å². The monoisotopic (exact) mass is 303 g/mol. The molecule has 7 heteroatoms. The van der Waals surface area contributed by atoms with Crippen molar-refractivity contribution in [2.24, 2.45) is 0 Å². The number of rotatable bonds is 5. The Bertz CT molecular complexity index is 679. The number of fused-ring (bicyclic) bond motifs is 1. The lowest BCUT2D eigenvalue weighted by Crippen LogP contribution is -2.28. The molecular formula is C15H13NO6. The Hall–Kier alpha value is -2.96. The SMILES string of the molecule is O=C(COC(=O)c1ccc2c(c1)OCO2)NCc1ccco1. The summed E-state index contributed by atoms with van der Waals surface area (Å²) in [4.78, 5) is 23.5. The third-order valence-electron chi connectivity index (χ3n) is 2.98. The van der Waals surface area contributed by atoms with Crippen LogP contribution in [-0.2, 0) is 16.1 Å². The number of hydrogen-bond acceptors (Lipinski definition) is 6. The highest BCUT2D eigenvalue weighted by Gasteiger charge is 2.17. The predicted molar refractivity (Wildman–Crippen MR) is 73.4 cm³/mol. The number of carbonyl (C=O) groups excluding carboxylic acids is 2. The van der Waals surface area contributed by atoms with Crippen LogP contribution >= 0.6 is 0 Å². The van der Waals surface area contributed by atoms with Crippen molar-refractivity contribution in [1.82, 2.24) is 5.32 Å². The first-order valence-corrected chi connectivity index (χ1v) is 6.58. The summed E-state index contributed by atoms with van der Waals surface area (Å²) in [6, 6.07) is 8.15. The molecule has 0 spiro atoms. The van der Waals surface area contributed by atoms with Crippen molar-refractivity contribution in [2.45, 2.75) is 6.54 Å². The van der Waals surface area contributed by atoms with E-state index >= 15 is 0 Å². The van der Waals surface area contributed by atoms with Crippen LogP contribution in [0.2, 0.25) is 0 Å². The molecular weight excluding hydrogens is 290 g/mol. The number of amides is 1. The molecule has 1 aromatic carbocycles. The number of benzene rings is 1. The molecule has 0 saturated carbocycles. The molecule has 1 aromatic heterocycles. The molecule has 0 unspecified atom stereocenters. The number of carbonyl (C=O) groups is 2. The topological polar surface area (TPSA) is 87.0 Å². The zero-order valence-electron chi connectivity index (χ0n) is 11.5. The minimum atomic E-state index is -0.605. The van der Waals surface area contributed by atoms with Crippen LogP contribution in [0.5, 0.6) is 11.5 Å². The summed E-state index contributed by atoms with van der Waals surface area (Å²) in [5.41, 5.74) is 0.295. The van der Waals surface area contributed by atoms with E-state index in [-0.39, 0.29) is 19.9 Å². The van der Waals surface area contributed by atoms with Gasteiger partial charge in [0.25, 0.3) is 5.91 Å². The van der Waals surface area contributed by atoms with Gasteiger partial charge in [-0.05, 0) is 30.3 Å². The Morgan fingerprint density at radius 1 is 1.18 bits per heavy atom. The lowest BCUT2D eigenvalue weighted by molar-refractivity contribution is -0.124. The Balaban J connectivity index is 1.48. The number of furan rings is 1. The summed E-state index contributed by atoms with van der Waals surface area (Å²) in [7, 11) is 0. The molecule has 0 aliphatic carbocycles. The maximum atomic E-state index is 11.9. The van der Waals surface area contributed by atoms with Crippen LogP contribution < -0.4 is 14.8 Å². The van der Waals surface area contributed by atoms with E-state index in [9.17, 15) is 9.59 Å². The quantitative estimate of drug-likeness (QED) is 0.842. The summed E-state index contributed by atoms with van der Waals surface area (Å²) in [6.07, 6.45) is 1.52. The highest BCUT2D eigenvalue weighted by molar-refractivity contribution is 5.92. The maximum absolute atomic E-state index is 11.9. The number of esters is 1. The van der Waals surface area contributed by atoms with E-state index in [2.05, 4.69) is 5.32 Å². The number of ether oxygens (including phenoxy) is 3. The van der Waals surface area contributed by atoms with Crippen LogP contribution in [0, 0.1) is 0 Å². The van der Waals surface area contributed by atoms with Crippen molar-refractivity contribution < 1.29 is 28.2 Å². The first kappa shape index (κ1) is 14.0. The van der Waals surface area contributed by atoms with Crippen LogP contribution in [0.4, 0.5) is 0 Å². The van der Waals surface area contributed by atoms with Gasteiger partial charge in [0, 0.05) is 0 Å². The summed E-state index contributed by atoms with van der Waals surface area (Å²) >= 11 is 0. The van der Waals surface area contributed by atoms with Crippen molar-refractivity contribution >= 4 is 11.9 Å². The molecule has 22 heavy (non-hydrogen) atoms. The van der Waals surface area contributed by atoms with Crippen LogP contribution in [0.3, 0.4) is 0 Å². The van der Waals surface area contributed by atoms with Gasteiger partial charge in [0.15, 0.2) is 18.1 Å². The average molecular weight is 303 g/mol. The fraction of sp³-hybridized carbons (Fsp3) is 0.200. The fourth-order valence-corrected chi connectivity index (χ4v) is 1.89. The van der Waals surface area contributed by atoms with Crippen molar-refractivity contribution in [1.29, 1.82) is 0 Å². The summed E-state index contributed by atoms with van der Waals surface area (Å²) in [5.74, 6) is 0.664. The number of hydrogen-bond donors (Lipinski definition) is 1. The normalized spacial score (nSPS) is 12.0. The first-order valence-electron chi connectivity index (χ1n) is 6.58. The molecule has 2 heterocycles. The third-order valence-corrected chi connectivity index (χ3v) is 2.98. The average Bonchev–Trinajstić information content (AvgIpc) is 3.20. The van der Waals surface area contributed by atoms with Crippen LogP contribution in [-0.4, -0.2) is 25.3 Å².